The second-order valence-corrected chi connectivity index (χ2v) is 7.73. The van der Waals surface area contributed by atoms with E-state index in [2.05, 4.69) is 35.0 Å². The van der Waals surface area contributed by atoms with Gasteiger partial charge in [0, 0.05) is 24.8 Å². The number of carbonyl (C=O) groups excluding carboxylic acids is 1. The maximum Gasteiger partial charge on any atom is 0.317 e. The number of methoxy groups -OCH3 is 1. The van der Waals surface area contributed by atoms with Crippen molar-refractivity contribution in [2.75, 3.05) is 14.2 Å². The van der Waals surface area contributed by atoms with E-state index in [0.717, 1.165) is 22.1 Å². The van der Waals surface area contributed by atoms with Crippen molar-refractivity contribution in [1.82, 2.24) is 10.2 Å². The fourth-order valence-corrected chi connectivity index (χ4v) is 4.26. The van der Waals surface area contributed by atoms with Crippen LogP contribution in [0.5, 0.6) is 5.75 Å². The first-order valence-corrected chi connectivity index (χ1v) is 10.0. The molecule has 1 heterocycles. The predicted molar refractivity (Wildman–Crippen MR) is 116 cm³/mol. The highest BCUT2D eigenvalue weighted by Gasteiger charge is 2.12. The molecular weight excluding hydrogens is 368 g/mol. The van der Waals surface area contributed by atoms with Crippen molar-refractivity contribution in [3.63, 3.8) is 0 Å². The Bertz CT molecular complexity index is 1140. The zero-order chi connectivity index (χ0) is 19.5. The number of fused-ring (bicyclic) bond motifs is 2. The first kappa shape index (κ1) is 18.3. The summed E-state index contributed by atoms with van der Waals surface area (Å²) in [6, 6.07) is 20.4. The minimum Gasteiger partial charge on any atom is -0.497 e. The van der Waals surface area contributed by atoms with Crippen LogP contribution in [0.4, 0.5) is 4.79 Å². The van der Waals surface area contributed by atoms with Gasteiger partial charge < -0.3 is 15.0 Å². The first-order valence-electron chi connectivity index (χ1n) is 9.15. The first-order chi connectivity index (χ1) is 13.6. The zero-order valence-electron chi connectivity index (χ0n) is 15.9. The van der Waals surface area contributed by atoms with Crippen LogP contribution >= 0.6 is 11.3 Å². The molecule has 5 heteroatoms. The molecule has 1 N–H and O–H groups in total. The number of amides is 2. The molecule has 0 spiro atoms. The lowest BCUT2D eigenvalue weighted by atomic mass is 10.1. The number of benzene rings is 3. The molecule has 0 aliphatic carbocycles. The van der Waals surface area contributed by atoms with Gasteiger partial charge in [0.15, 0.2) is 0 Å². The molecule has 0 radical (unpaired) electrons. The van der Waals surface area contributed by atoms with E-state index < -0.39 is 0 Å². The average Bonchev–Trinajstić information content (AvgIpc) is 3.14. The molecule has 28 heavy (non-hydrogen) atoms. The normalized spacial score (nSPS) is 10.9. The standard InChI is InChI=1S/C23H22N2O2S/c1-25(14-19-15-28-22-6-4-3-5-21(19)22)23(26)24-13-16-7-8-18-12-20(27-2)10-9-17(18)11-16/h3-12,15H,13-14H2,1-2H3,(H,24,26). The number of hydrogen-bond acceptors (Lipinski definition) is 3. The summed E-state index contributed by atoms with van der Waals surface area (Å²) in [6.45, 7) is 1.09. The second-order valence-electron chi connectivity index (χ2n) is 6.82. The molecule has 0 unspecified atom stereocenters. The van der Waals surface area contributed by atoms with Gasteiger partial charge in [-0.25, -0.2) is 4.79 Å². The molecule has 3 aromatic carbocycles. The van der Waals surface area contributed by atoms with Crippen LogP contribution in [0.1, 0.15) is 11.1 Å². The van der Waals surface area contributed by atoms with Gasteiger partial charge in [0.2, 0.25) is 0 Å². The van der Waals surface area contributed by atoms with Crippen molar-refractivity contribution in [1.29, 1.82) is 0 Å². The zero-order valence-corrected chi connectivity index (χ0v) is 16.8. The Labute approximate surface area is 168 Å². The highest BCUT2D eigenvalue weighted by Crippen LogP contribution is 2.26. The van der Waals surface area contributed by atoms with Crippen molar-refractivity contribution in [3.8, 4) is 5.75 Å². The van der Waals surface area contributed by atoms with E-state index in [1.54, 1.807) is 23.3 Å². The van der Waals surface area contributed by atoms with Gasteiger partial charge in [0.05, 0.1) is 7.11 Å². The maximum atomic E-state index is 12.5. The van der Waals surface area contributed by atoms with Gasteiger partial charge >= 0.3 is 6.03 Å². The Morgan fingerprint density at radius 2 is 1.86 bits per heavy atom. The fraction of sp³-hybridized carbons (Fsp3) is 0.174. The van der Waals surface area contributed by atoms with Crippen molar-refractivity contribution >= 4 is 38.2 Å². The van der Waals surface area contributed by atoms with Gasteiger partial charge in [-0.3, -0.25) is 0 Å². The van der Waals surface area contributed by atoms with Crippen LogP contribution in [0.2, 0.25) is 0 Å². The number of nitrogens with zero attached hydrogens (tertiary/aromatic N) is 1. The van der Waals surface area contributed by atoms with Gasteiger partial charge in [-0.1, -0.05) is 36.4 Å². The molecule has 4 rings (SSSR count). The molecule has 0 aliphatic heterocycles. The number of carbonyl (C=O) groups is 1. The summed E-state index contributed by atoms with van der Waals surface area (Å²) in [5.74, 6) is 0.844. The van der Waals surface area contributed by atoms with E-state index in [4.69, 9.17) is 4.74 Å². The summed E-state index contributed by atoms with van der Waals surface area (Å²) in [5.41, 5.74) is 2.25. The summed E-state index contributed by atoms with van der Waals surface area (Å²) < 4.78 is 6.51. The molecule has 4 aromatic rings. The SMILES string of the molecule is COc1ccc2cc(CNC(=O)N(C)Cc3csc4ccccc34)ccc2c1. The monoisotopic (exact) mass is 390 g/mol. The lowest BCUT2D eigenvalue weighted by Gasteiger charge is -2.18. The number of hydrogen-bond donors (Lipinski definition) is 1. The quantitative estimate of drug-likeness (QED) is 0.495. The van der Waals surface area contributed by atoms with Gasteiger partial charge in [-0.15, -0.1) is 11.3 Å². The lowest BCUT2D eigenvalue weighted by molar-refractivity contribution is 0.206. The van der Waals surface area contributed by atoms with E-state index in [0.29, 0.717) is 13.1 Å². The summed E-state index contributed by atoms with van der Waals surface area (Å²) in [7, 11) is 3.49. The highest BCUT2D eigenvalue weighted by molar-refractivity contribution is 7.17. The Morgan fingerprint density at radius 3 is 2.71 bits per heavy atom. The lowest BCUT2D eigenvalue weighted by Crippen LogP contribution is -2.36. The molecule has 4 nitrogen and oxygen atoms in total. The summed E-state index contributed by atoms with van der Waals surface area (Å²) >= 11 is 1.71. The molecule has 0 saturated carbocycles. The highest BCUT2D eigenvalue weighted by atomic mass is 32.1. The third-order valence-corrected chi connectivity index (χ3v) is 5.88. The smallest absolute Gasteiger partial charge is 0.317 e. The van der Waals surface area contributed by atoms with Crippen LogP contribution in [0.15, 0.2) is 66.0 Å². The Morgan fingerprint density at radius 1 is 1.07 bits per heavy atom. The van der Waals surface area contributed by atoms with Crippen LogP contribution in [0.3, 0.4) is 0 Å². The van der Waals surface area contributed by atoms with E-state index in [1.165, 1.54) is 15.6 Å². The van der Waals surface area contributed by atoms with Crippen molar-refractivity contribution in [2.24, 2.45) is 0 Å². The minimum atomic E-state index is -0.0786. The third kappa shape index (κ3) is 3.80. The molecule has 1 aromatic heterocycles. The Kier molecular flexibility index (Phi) is 5.17. The molecule has 0 aliphatic rings. The molecule has 0 saturated heterocycles. The van der Waals surface area contributed by atoms with Gasteiger partial charge in [-0.05, 0) is 56.9 Å². The van der Waals surface area contributed by atoms with Gasteiger partial charge in [0.25, 0.3) is 0 Å². The van der Waals surface area contributed by atoms with Gasteiger partial charge in [0.1, 0.15) is 5.75 Å². The third-order valence-electron chi connectivity index (χ3n) is 4.87. The summed E-state index contributed by atoms with van der Waals surface area (Å²) in [5, 5.41) is 8.61. The number of rotatable bonds is 5. The van der Waals surface area contributed by atoms with Crippen molar-refractivity contribution in [2.45, 2.75) is 13.1 Å². The van der Waals surface area contributed by atoms with E-state index >= 15 is 0 Å². The number of thiophene rings is 1. The molecule has 2 amide bonds. The molecule has 0 atom stereocenters. The van der Waals surface area contributed by atoms with E-state index in [1.807, 2.05) is 43.4 Å². The van der Waals surface area contributed by atoms with E-state index in [-0.39, 0.29) is 6.03 Å². The average molecular weight is 391 g/mol. The molecular formula is C23H22N2O2S. The van der Waals surface area contributed by atoms with Gasteiger partial charge in [-0.2, -0.15) is 0 Å². The van der Waals surface area contributed by atoms with E-state index in [9.17, 15) is 4.79 Å². The second kappa shape index (κ2) is 7.90. The Balaban J connectivity index is 1.40. The van der Waals surface area contributed by atoms with Crippen LogP contribution in [0, 0.1) is 0 Å². The van der Waals surface area contributed by atoms with Crippen molar-refractivity contribution < 1.29 is 9.53 Å². The van der Waals surface area contributed by atoms with Crippen LogP contribution in [0.25, 0.3) is 20.9 Å². The van der Waals surface area contributed by atoms with Crippen LogP contribution < -0.4 is 10.1 Å². The van der Waals surface area contributed by atoms with Crippen LogP contribution in [-0.4, -0.2) is 25.1 Å². The molecule has 0 bridgehead atoms. The topological polar surface area (TPSA) is 41.6 Å². The number of urea groups is 1. The molecule has 142 valence electrons. The predicted octanol–water partition coefficient (Wildman–Crippen LogP) is 5.40. The minimum absolute atomic E-state index is 0.0786. The summed E-state index contributed by atoms with van der Waals surface area (Å²) in [4.78, 5) is 14.3. The van der Waals surface area contributed by atoms with Crippen LogP contribution in [-0.2, 0) is 13.1 Å². The number of nitrogens with one attached hydrogen (secondary N) is 1. The fourth-order valence-electron chi connectivity index (χ4n) is 3.31. The largest absolute Gasteiger partial charge is 0.497 e. The molecule has 0 fully saturated rings. The summed E-state index contributed by atoms with van der Waals surface area (Å²) in [6.07, 6.45) is 0. The Hall–Kier alpha value is -3.05. The van der Waals surface area contributed by atoms with Crippen molar-refractivity contribution in [3.05, 3.63) is 77.2 Å². The number of ether oxygens (including phenoxy) is 1. The maximum absolute atomic E-state index is 12.5.